The first-order valence-corrected chi connectivity index (χ1v) is 16.2. The molecule has 5 rings (SSSR count). The van der Waals surface area contributed by atoms with E-state index in [4.69, 9.17) is 4.74 Å². The van der Waals surface area contributed by atoms with Crippen LogP contribution in [0.5, 0.6) is 11.5 Å². The SMILES string of the molecule is CCC(CC)Cc1ccc(OC)c(-c2ccc(O)c3c2C[C@]2(C)C[C@]4(C)C(C(C)C)C(=O)C(C(C)=O)=C(O)[C@]4(O)C(=O)C2=C3O)c1. The summed E-state index contributed by atoms with van der Waals surface area (Å²) < 4.78 is 5.78. The van der Waals surface area contributed by atoms with Gasteiger partial charge >= 0.3 is 0 Å². The molecule has 8 heteroatoms. The number of phenols is 1. The van der Waals surface area contributed by atoms with Crippen molar-refractivity contribution in [3.05, 3.63) is 63.9 Å². The zero-order valence-electron chi connectivity index (χ0n) is 28.1. The zero-order valence-corrected chi connectivity index (χ0v) is 28.1. The van der Waals surface area contributed by atoms with Crippen LogP contribution in [0, 0.1) is 28.6 Å². The number of Topliss-reactive ketones (excluding diaryl/α,β-unsaturated/α-hetero) is 3. The molecule has 0 aromatic heterocycles. The number of hydrogen-bond acceptors (Lipinski definition) is 8. The summed E-state index contributed by atoms with van der Waals surface area (Å²) in [5.41, 5.74) is -2.69. The van der Waals surface area contributed by atoms with Crippen molar-refractivity contribution >= 4 is 23.1 Å². The lowest BCUT2D eigenvalue weighted by Gasteiger charge is -2.59. The van der Waals surface area contributed by atoms with Gasteiger partial charge in [0.2, 0.25) is 5.78 Å². The third kappa shape index (κ3) is 4.55. The summed E-state index contributed by atoms with van der Waals surface area (Å²) in [5, 5.41) is 46.7. The number of phenolic OH excluding ortho intramolecular Hbond substituents is 1. The fraction of sp³-hybridized carbons (Fsp3) is 0.500. The molecule has 4 N–H and O–H groups in total. The maximum absolute atomic E-state index is 14.6. The maximum Gasteiger partial charge on any atom is 0.203 e. The molecule has 1 saturated carbocycles. The number of ether oxygens (including phenoxy) is 1. The van der Waals surface area contributed by atoms with Crippen molar-refractivity contribution in [2.75, 3.05) is 7.11 Å². The highest BCUT2D eigenvalue weighted by molar-refractivity contribution is 6.24. The summed E-state index contributed by atoms with van der Waals surface area (Å²) in [6.07, 6.45) is 3.19. The molecule has 0 saturated heterocycles. The van der Waals surface area contributed by atoms with Crippen molar-refractivity contribution < 1.29 is 39.5 Å². The van der Waals surface area contributed by atoms with Crippen LogP contribution < -0.4 is 4.74 Å². The van der Waals surface area contributed by atoms with Gasteiger partial charge in [0.25, 0.3) is 0 Å². The third-order valence-electron chi connectivity index (χ3n) is 11.1. The molecule has 4 atom stereocenters. The molecule has 2 aromatic carbocycles. The van der Waals surface area contributed by atoms with Gasteiger partial charge in [-0.15, -0.1) is 0 Å². The van der Waals surface area contributed by atoms with Gasteiger partial charge < -0.3 is 25.2 Å². The Balaban J connectivity index is 1.78. The average molecular weight is 631 g/mol. The number of ketones is 3. The van der Waals surface area contributed by atoms with E-state index in [-0.39, 0.29) is 35.6 Å². The molecule has 46 heavy (non-hydrogen) atoms. The topological polar surface area (TPSA) is 141 Å². The normalized spacial score (nSPS) is 27.6. The van der Waals surface area contributed by atoms with E-state index in [2.05, 4.69) is 19.9 Å². The number of benzene rings is 2. The number of carbonyl (C=O) groups excluding carboxylic acids is 3. The summed E-state index contributed by atoms with van der Waals surface area (Å²) >= 11 is 0. The van der Waals surface area contributed by atoms with Crippen LogP contribution in [0.15, 0.2) is 47.2 Å². The van der Waals surface area contributed by atoms with E-state index in [9.17, 15) is 34.8 Å². The molecular weight excluding hydrogens is 584 g/mol. The number of aliphatic hydroxyl groups excluding tert-OH is 2. The zero-order chi connectivity index (χ0) is 34.1. The van der Waals surface area contributed by atoms with Gasteiger partial charge in [-0.3, -0.25) is 14.4 Å². The van der Waals surface area contributed by atoms with E-state index in [0.29, 0.717) is 17.2 Å². The lowest BCUT2D eigenvalue weighted by molar-refractivity contribution is -0.178. The number of aliphatic hydroxyl groups is 3. The van der Waals surface area contributed by atoms with Gasteiger partial charge in [0.1, 0.15) is 28.6 Å². The Bertz CT molecular complexity index is 1710. The van der Waals surface area contributed by atoms with Crippen LogP contribution in [-0.4, -0.2) is 50.5 Å². The molecule has 3 aliphatic carbocycles. The maximum atomic E-state index is 14.6. The molecule has 0 aliphatic heterocycles. The van der Waals surface area contributed by atoms with Gasteiger partial charge in [-0.25, -0.2) is 0 Å². The van der Waals surface area contributed by atoms with Crippen LogP contribution in [0.3, 0.4) is 0 Å². The van der Waals surface area contributed by atoms with Gasteiger partial charge in [-0.2, -0.15) is 0 Å². The van der Waals surface area contributed by atoms with Crippen LogP contribution in [-0.2, 0) is 27.2 Å². The second-order valence-corrected chi connectivity index (χ2v) is 14.4. The van der Waals surface area contributed by atoms with E-state index in [1.54, 1.807) is 33.9 Å². The quantitative estimate of drug-likeness (QED) is 0.232. The van der Waals surface area contributed by atoms with Crippen LogP contribution in [0.1, 0.15) is 84.4 Å². The molecule has 246 valence electrons. The smallest absolute Gasteiger partial charge is 0.203 e. The van der Waals surface area contributed by atoms with Crippen LogP contribution in [0.4, 0.5) is 0 Å². The van der Waals surface area contributed by atoms with Crippen LogP contribution >= 0.6 is 0 Å². The lowest BCUT2D eigenvalue weighted by Crippen LogP contribution is -2.69. The predicted octanol–water partition coefficient (Wildman–Crippen LogP) is 6.84. The monoisotopic (exact) mass is 630 g/mol. The lowest BCUT2D eigenvalue weighted by atomic mass is 9.43. The summed E-state index contributed by atoms with van der Waals surface area (Å²) in [6.45, 7) is 12.5. The fourth-order valence-electron chi connectivity index (χ4n) is 8.97. The highest BCUT2D eigenvalue weighted by Gasteiger charge is 2.72. The number of allylic oxidation sites excluding steroid dienone is 1. The highest BCUT2D eigenvalue weighted by Crippen LogP contribution is 2.65. The van der Waals surface area contributed by atoms with Crippen LogP contribution in [0.2, 0.25) is 0 Å². The molecule has 1 fully saturated rings. The second kappa shape index (κ2) is 11.4. The Morgan fingerprint density at radius 2 is 1.67 bits per heavy atom. The highest BCUT2D eigenvalue weighted by atomic mass is 16.5. The van der Waals surface area contributed by atoms with Crippen molar-refractivity contribution in [1.82, 2.24) is 0 Å². The first-order valence-electron chi connectivity index (χ1n) is 16.2. The third-order valence-corrected chi connectivity index (χ3v) is 11.1. The van der Waals surface area contributed by atoms with E-state index < -0.39 is 56.8 Å². The van der Waals surface area contributed by atoms with E-state index in [1.807, 2.05) is 19.1 Å². The Morgan fingerprint density at radius 3 is 2.24 bits per heavy atom. The van der Waals surface area contributed by atoms with Crippen molar-refractivity contribution in [1.29, 1.82) is 0 Å². The first kappa shape index (κ1) is 33.5. The molecule has 2 aromatic rings. The predicted molar refractivity (Wildman–Crippen MR) is 176 cm³/mol. The fourth-order valence-corrected chi connectivity index (χ4v) is 8.97. The number of methoxy groups -OCH3 is 1. The second-order valence-electron chi connectivity index (χ2n) is 14.4. The molecule has 8 nitrogen and oxygen atoms in total. The minimum absolute atomic E-state index is 0.0336. The van der Waals surface area contributed by atoms with Crippen molar-refractivity contribution in [2.45, 2.75) is 86.2 Å². The molecular formula is C38H46O8. The van der Waals surface area contributed by atoms with E-state index in [0.717, 1.165) is 42.9 Å². The minimum Gasteiger partial charge on any atom is -0.508 e. The van der Waals surface area contributed by atoms with Gasteiger partial charge in [0.05, 0.1) is 12.7 Å². The molecule has 0 radical (unpaired) electrons. The standard InChI is InChI=1S/C38H46O8/c1-9-21(10-2)15-22-11-14-27(46-8)24(16-22)23-12-13-26(40)29-25(23)17-36(6)18-37(7)30(19(3)4)32(41)28(20(5)39)34(43)38(37,45)35(44)31(36)33(29)42/h11-14,16,19,21,30,40,42-43,45H,9-10,15,17-18H2,1-8H3/t30?,36-,37-,38+/m1/s1. The van der Waals surface area contributed by atoms with Gasteiger partial charge in [-0.05, 0) is 72.9 Å². The van der Waals surface area contributed by atoms with Crippen molar-refractivity contribution in [3.8, 4) is 22.6 Å². The average Bonchev–Trinajstić information content (AvgIpc) is 2.97. The first-order chi connectivity index (χ1) is 21.5. The number of hydrogen-bond donors (Lipinski definition) is 4. The molecule has 0 amide bonds. The summed E-state index contributed by atoms with van der Waals surface area (Å²) in [6, 6.07) is 9.30. The van der Waals surface area contributed by atoms with Gasteiger partial charge in [0, 0.05) is 27.9 Å². The Labute approximate surface area is 270 Å². The molecule has 0 spiro atoms. The Morgan fingerprint density at radius 1 is 1.02 bits per heavy atom. The van der Waals surface area contributed by atoms with E-state index in [1.165, 1.54) is 6.07 Å². The summed E-state index contributed by atoms with van der Waals surface area (Å²) in [5.74, 6) is -4.27. The van der Waals surface area contributed by atoms with Crippen molar-refractivity contribution in [2.24, 2.45) is 28.6 Å². The number of fused-ring (bicyclic) bond motifs is 3. The molecule has 0 bridgehead atoms. The largest absolute Gasteiger partial charge is 0.508 e. The van der Waals surface area contributed by atoms with Crippen molar-refractivity contribution in [3.63, 3.8) is 0 Å². The van der Waals surface area contributed by atoms with Gasteiger partial charge in [-0.1, -0.05) is 66.5 Å². The summed E-state index contributed by atoms with van der Waals surface area (Å²) in [7, 11) is 1.59. The Kier molecular flexibility index (Phi) is 8.30. The van der Waals surface area contributed by atoms with Gasteiger partial charge in [0.15, 0.2) is 17.2 Å². The number of rotatable bonds is 8. The van der Waals surface area contributed by atoms with E-state index >= 15 is 0 Å². The van der Waals surface area contributed by atoms with Crippen LogP contribution in [0.25, 0.3) is 16.9 Å². The molecule has 1 unspecified atom stereocenters. The Hall–Kier alpha value is -3.91. The number of carbonyl (C=O) groups is 3. The molecule has 3 aliphatic rings. The number of aromatic hydroxyl groups is 1. The molecule has 0 heterocycles. The summed E-state index contributed by atoms with van der Waals surface area (Å²) in [4.78, 5) is 41.0. The minimum atomic E-state index is -2.64.